The van der Waals surface area contributed by atoms with Crippen molar-refractivity contribution < 1.29 is 40.6 Å². The van der Waals surface area contributed by atoms with Crippen LogP contribution in [0.1, 0.15) is 20.7 Å². The van der Waals surface area contributed by atoms with Crippen LogP contribution in [0.4, 0.5) is 0 Å². The van der Waals surface area contributed by atoms with E-state index < -0.39 is 27.8 Å². The molecule has 21 heavy (non-hydrogen) atoms. The predicted octanol–water partition coefficient (Wildman–Crippen LogP) is -1.22. The molecule has 0 saturated carbocycles. The first kappa shape index (κ1) is 15.7. The van der Waals surface area contributed by atoms with E-state index in [-0.39, 0.29) is 11.8 Å². The molecule has 0 unspecified atom stereocenters. The summed E-state index contributed by atoms with van der Waals surface area (Å²) in [6.07, 6.45) is 0. The molecule has 0 saturated heterocycles. The summed E-state index contributed by atoms with van der Waals surface area (Å²) >= 11 is -0.508. The van der Waals surface area contributed by atoms with Crippen LogP contribution in [-0.4, -0.2) is 30.6 Å². The van der Waals surface area contributed by atoms with Gasteiger partial charge in [-0.25, -0.2) is 0 Å². The molecule has 0 aliphatic carbocycles. The standard InChI is InChI=1S/C16H14IO4/c1-21-16(20)12-5-3-7-14(9-12)17-13-6-2-4-11(8-13)15(19)10-18/h2-9,18H,10H2,1H3/q-1. The molecule has 110 valence electrons. The fourth-order valence-electron chi connectivity index (χ4n) is 1.73. The molecule has 0 spiro atoms. The van der Waals surface area contributed by atoms with E-state index in [2.05, 4.69) is 0 Å². The Labute approximate surface area is 133 Å². The zero-order valence-corrected chi connectivity index (χ0v) is 13.5. The first-order valence-corrected chi connectivity index (χ1v) is 8.37. The number of aliphatic hydroxyl groups is 1. The molecule has 0 bridgehead atoms. The van der Waals surface area contributed by atoms with Crippen LogP contribution in [0.2, 0.25) is 0 Å². The molecule has 0 heterocycles. The molecule has 4 nitrogen and oxygen atoms in total. The van der Waals surface area contributed by atoms with E-state index in [0.717, 1.165) is 7.14 Å². The summed E-state index contributed by atoms with van der Waals surface area (Å²) in [7, 11) is 1.36. The SMILES string of the molecule is COC(=O)c1cccc([I-]c2cccc(C(=O)CO)c2)c1. The van der Waals surface area contributed by atoms with E-state index in [0.29, 0.717) is 11.1 Å². The summed E-state index contributed by atoms with van der Waals surface area (Å²) < 4.78 is 6.82. The number of carbonyl (C=O) groups excluding carboxylic acids is 2. The predicted molar refractivity (Wildman–Crippen MR) is 73.0 cm³/mol. The Balaban J connectivity index is 2.22. The number of hydrogen-bond donors (Lipinski definition) is 1. The third-order valence-corrected chi connectivity index (χ3v) is 5.34. The van der Waals surface area contributed by atoms with Crippen molar-refractivity contribution in [3.8, 4) is 0 Å². The van der Waals surface area contributed by atoms with Crippen molar-refractivity contribution in [3.05, 3.63) is 66.8 Å². The summed E-state index contributed by atoms with van der Waals surface area (Å²) in [5.74, 6) is -0.644. The third-order valence-electron chi connectivity index (χ3n) is 2.75. The second-order valence-electron chi connectivity index (χ2n) is 4.19. The summed E-state index contributed by atoms with van der Waals surface area (Å²) in [6, 6.07) is 14.6. The zero-order chi connectivity index (χ0) is 15.2. The number of carbonyl (C=O) groups is 2. The topological polar surface area (TPSA) is 63.6 Å². The summed E-state index contributed by atoms with van der Waals surface area (Å²) in [5.41, 5.74) is 1.04. The second kappa shape index (κ2) is 7.33. The van der Waals surface area contributed by atoms with Crippen molar-refractivity contribution in [1.82, 2.24) is 0 Å². The molecule has 2 aromatic carbocycles. The van der Waals surface area contributed by atoms with E-state index >= 15 is 0 Å². The Morgan fingerprint density at radius 2 is 1.62 bits per heavy atom. The van der Waals surface area contributed by atoms with Crippen LogP contribution in [0.3, 0.4) is 0 Å². The van der Waals surface area contributed by atoms with E-state index in [1.54, 1.807) is 18.2 Å². The van der Waals surface area contributed by atoms with Gasteiger partial charge in [0.05, 0.1) is 0 Å². The molecule has 1 N–H and O–H groups in total. The van der Waals surface area contributed by atoms with Gasteiger partial charge in [-0.15, -0.1) is 0 Å². The van der Waals surface area contributed by atoms with Crippen LogP contribution in [0.25, 0.3) is 0 Å². The molecule has 0 aromatic heterocycles. The average molecular weight is 397 g/mol. The van der Waals surface area contributed by atoms with Gasteiger partial charge in [-0.05, 0) is 0 Å². The number of esters is 1. The molecule has 0 aliphatic rings. The van der Waals surface area contributed by atoms with E-state index in [9.17, 15) is 9.59 Å². The number of rotatable bonds is 5. The fraction of sp³-hybridized carbons (Fsp3) is 0.125. The van der Waals surface area contributed by atoms with Crippen molar-refractivity contribution in [2.45, 2.75) is 0 Å². The zero-order valence-electron chi connectivity index (χ0n) is 11.4. The fourth-order valence-corrected chi connectivity index (χ4v) is 4.21. The Hall–Kier alpha value is -1.73. The third kappa shape index (κ3) is 4.12. The number of methoxy groups -OCH3 is 1. The van der Waals surface area contributed by atoms with Crippen LogP contribution in [0.15, 0.2) is 48.5 Å². The van der Waals surface area contributed by atoms with Crippen molar-refractivity contribution in [2.24, 2.45) is 0 Å². The van der Waals surface area contributed by atoms with Crippen LogP contribution in [0.5, 0.6) is 0 Å². The van der Waals surface area contributed by atoms with Gasteiger partial charge in [0.2, 0.25) is 0 Å². The average Bonchev–Trinajstić information content (AvgIpc) is 2.53. The van der Waals surface area contributed by atoms with Gasteiger partial charge in [0, 0.05) is 0 Å². The summed E-state index contributed by atoms with van der Waals surface area (Å²) in [6.45, 7) is -0.487. The molecule has 0 fully saturated rings. The number of aliphatic hydroxyl groups excluding tert-OH is 1. The maximum atomic E-state index is 11.5. The molecule has 0 atom stereocenters. The molecule has 5 heteroatoms. The molecule has 2 rings (SSSR count). The number of benzene rings is 2. The molecular formula is C16H14IO4-. The normalized spacial score (nSPS) is 10.4. The molecule has 2 aromatic rings. The van der Waals surface area contributed by atoms with E-state index in [1.807, 2.05) is 30.3 Å². The minimum atomic E-state index is -0.508. The van der Waals surface area contributed by atoms with Crippen LogP contribution < -0.4 is 21.2 Å². The molecule has 0 radical (unpaired) electrons. The Kier molecular flexibility index (Phi) is 5.46. The Morgan fingerprint density at radius 3 is 2.19 bits per heavy atom. The summed E-state index contributed by atoms with van der Waals surface area (Å²) in [4.78, 5) is 23.0. The van der Waals surface area contributed by atoms with Crippen LogP contribution in [-0.2, 0) is 4.74 Å². The number of Topliss-reactive ketones (excluding diaryl/α,β-unsaturated/α-hetero) is 1. The Bertz CT molecular complexity index is 609. The van der Waals surface area contributed by atoms with Gasteiger partial charge in [0.15, 0.2) is 0 Å². The monoisotopic (exact) mass is 397 g/mol. The van der Waals surface area contributed by atoms with E-state index in [4.69, 9.17) is 9.84 Å². The quantitative estimate of drug-likeness (QED) is 0.390. The van der Waals surface area contributed by atoms with Crippen molar-refractivity contribution in [3.63, 3.8) is 0 Å². The van der Waals surface area contributed by atoms with Gasteiger partial charge in [-0.2, -0.15) is 0 Å². The molecular weight excluding hydrogens is 383 g/mol. The van der Waals surface area contributed by atoms with Gasteiger partial charge in [0.25, 0.3) is 0 Å². The van der Waals surface area contributed by atoms with Crippen molar-refractivity contribution >= 4 is 11.8 Å². The number of hydrogen-bond acceptors (Lipinski definition) is 4. The number of ether oxygens (including phenoxy) is 1. The first-order chi connectivity index (χ1) is 10.1. The van der Waals surface area contributed by atoms with Crippen LogP contribution >= 0.6 is 0 Å². The minimum absolute atomic E-state index is 0.288. The second-order valence-corrected chi connectivity index (χ2v) is 7.22. The Morgan fingerprint density at radius 1 is 1.05 bits per heavy atom. The molecule has 0 aliphatic heterocycles. The number of ketones is 1. The first-order valence-electron chi connectivity index (χ1n) is 6.21. The summed E-state index contributed by atoms with van der Waals surface area (Å²) in [5, 5.41) is 8.90. The van der Waals surface area contributed by atoms with Gasteiger partial charge < -0.3 is 0 Å². The van der Waals surface area contributed by atoms with Crippen molar-refractivity contribution in [1.29, 1.82) is 0 Å². The van der Waals surface area contributed by atoms with Gasteiger partial charge in [-0.3, -0.25) is 0 Å². The van der Waals surface area contributed by atoms with Crippen LogP contribution in [0, 0.1) is 7.14 Å². The van der Waals surface area contributed by atoms with Gasteiger partial charge in [0.1, 0.15) is 0 Å². The van der Waals surface area contributed by atoms with Gasteiger partial charge in [-0.1, -0.05) is 0 Å². The van der Waals surface area contributed by atoms with Crippen molar-refractivity contribution in [2.75, 3.05) is 13.7 Å². The molecule has 0 amide bonds. The van der Waals surface area contributed by atoms with E-state index in [1.165, 1.54) is 7.11 Å². The maximum absolute atomic E-state index is 11.5. The number of halogens is 1. The van der Waals surface area contributed by atoms with Gasteiger partial charge >= 0.3 is 133 Å².